The van der Waals surface area contributed by atoms with Gasteiger partial charge in [-0.1, -0.05) is 35.9 Å². The molecule has 0 saturated carbocycles. The van der Waals surface area contributed by atoms with Crippen LogP contribution in [0.15, 0.2) is 42.5 Å². The summed E-state index contributed by atoms with van der Waals surface area (Å²) >= 11 is 0. The summed E-state index contributed by atoms with van der Waals surface area (Å²) in [6.07, 6.45) is 0. The first-order valence-electron chi connectivity index (χ1n) is 6.17. The van der Waals surface area contributed by atoms with Crippen LogP contribution in [-0.4, -0.2) is 11.6 Å². The molecule has 0 aliphatic rings. The Bertz CT molecular complexity index is 511. The smallest absolute Gasteiger partial charge is 0.215 e. The van der Waals surface area contributed by atoms with Crippen molar-refractivity contribution in [3.05, 3.63) is 53.6 Å². The highest BCUT2D eigenvalue weighted by molar-refractivity contribution is 5.38. The third-order valence-electron chi connectivity index (χ3n) is 2.57. The SMILES string of the molecule is CCOc1cccc(NCc2cccc(C)c2)n1. The zero-order valence-corrected chi connectivity index (χ0v) is 10.8. The van der Waals surface area contributed by atoms with Crippen molar-refractivity contribution in [2.75, 3.05) is 11.9 Å². The van der Waals surface area contributed by atoms with Gasteiger partial charge in [-0.2, -0.15) is 4.98 Å². The molecule has 2 aromatic rings. The lowest BCUT2D eigenvalue weighted by atomic mass is 10.1. The summed E-state index contributed by atoms with van der Waals surface area (Å²) in [6.45, 7) is 5.45. The Morgan fingerprint density at radius 1 is 1.17 bits per heavy atom. The molecule has 3 heteroatoms. The molecule has 0 fully saturated rings. The summed E-state index contributed by atoms with van der Waals surface area (Å²) in [5.41, 5.74) is 2.52. The van der Waals surface area contributed by atoms with Crippen LogP contribution in [0.25, 0.3) is 0 Å². The van der Waals surface area contributed by atoms with Crippen molar-refractivity contribution in [1.82, 2.24) is 4.98 Å². The van der Waals surface area contributed by atoms with Crippen molar-refractivity contribution in [2.45, 2.75) is 20.4 Å². The largest absolute Gasteiger partial charge is 0.478 e. The van der Waals surface area contributed by atoms with Crippen LogP contribution in [0.5, 0.6) is 5.88 Å². The summed E-state index contributed by atoms with van der Waals surface area (Å²) in [7, 11) is 0. The molecule has 1 aromatic heterocycles. The van der Waals surface area contributed by atoms with Gasteiger partial charge in [0.25, 0.3) is 0 Å². The van der Waals surface area contributed by atoms with Gasteiger partial charge in [-0.3, -0.25) is 0 Å². The topological polar surface area (TPSA) is 34.1 Å². The molecule has 0 spiro atoms. The number of ether oxygens (including phenoxy) is 1. The average molecular weight is 242 g/mol. The molecule has 1 heterocycles. The molecule has 0 radical (unpaired) electrons. The van der Waals surface area contributed by atoms with Crippen LogP contribution < -0.4 is 10.1 Å². The predicted molar refractivity (Wildman–Crippen MR) is 73.9 cm³/mol. The van der Waals surface area contributed by atoms with Gasteiger partial charge < -0.3 is 10.1 Å². The van der Waals surface area contributed by atoms with Gasteiger partial charge in [0.2, 0.25) is 5.88 Å². The first-order chi connectivity index (χ1) is 8.78. The Balaban J connectivity index is 1.99. The lowest BCUT2D eigenvalue weighted by Crippen LogP contribution is -2.02. The number of anilines is 1. The molecule has 0 amide bonds. The number of benzene rings is 1. The number of hydrogen-bond donors (Lipinski definition) is 1. The van der Waals surface area contributed by atoms with E-state index in [4.69, 9.17) is 4.74 Å². The summed E-state index contributed by atoms with van der Waals surface area (Å²) in [4.78, 5) is 4.37. The van der Waals surface area contributed by atoms with Crippen LogP contribution in [0.4, 0.5) is 5.82 Å². The van der Waals surface area contributed by atoms with E-state index in [0.29, 0.717) is 12.5 Å². The van der Waals surface area contributed by atoms with Crippen LogP contribution in [0.1, 0.15) is 18.1 Å². The Labute approximate surface area is 108 Å². The molecule has 0 aliphatic heterocycles. The molecule has 2 rings (SSSR count). The Kier molecular flexibility index (Phi) is 4.18. The van der Waals surface area contributed by atoms with Crippen molar-refractivity contribution in [2.24, 2.45) is 0 Å². The van der Waals surface area contributed by atoms with Crippen molar-refractivity contribution in [3.63, 3.8) is 0 Å². The molecule has 0 aliphatic carbocycles. The predicted octanol–water partition coefficient (Wildman–Crippen LogP) is 3.40. The lowest BCUT2D eigenvalue weighted by Gasteiger charge is -2.08. The highest BCUT2D eigenvalue weighted by Gasteiger charge is 1.98. The summed E-state index contributed by atoms with van der Waals surface area (Å²) in [5, 5.41) is 3.30. The second-order valence-corrected chi connectivity index (χ2v) is 4.14. The van der Waals surface area contributed by atoms with E-state index in [-0.39, 0.29) is 0 Å². The molecule has 0 unspecified atom stereocenters. The third kappa shape index (κ3) is 3.48. The van der Waals surface area contributed by atoms with E-state index in [1.165, 1.54) is 11.1 Å². The number of nitrogens with zero attached hydrogens (tertiary/aromatic N) is 1. The molecule has 18 heavy (non-hydrogen) atoms. The monoisotopic (exact) mass is 242 g/mol. The summed E-state index contributed by atoms with van der Waals surface area (Å²) in [6, 6.07) is 14.2. The van der Waals surface area contributed by atoms with Crippen molar-refractivity contribution in [3.8, 4) is 5.88 Å². The molecule has 1 aromatic carbocycles. The quantitative estimate of drug-likeness (QED) is 0.872. The lowest BCUT2D eigenvalue weighted by molar-refractivity contribution is 0.327. The maximum absolute atomic E-state index is 5.37. The minimum Gasteiger partial charge on any atom is -0.478 e. The van der Waals surface area contributed by atoms with Crippen molar-refractivity contribution >= 4 is 5.82 Å². The maximum atomic E-state index is 5.37. The molecular weight excluding hydrogens is 224 g/mol. The Morgan fingerprint density at radius 2 is 2.00 bits per heavy atom. The second kappa shape index (κ2) is 6.05. The number of nitrogens with one attached hydrogen (secondary N) is 1. The zero-order valence-electron chi connectivity index (χ0n) is 10.8. The van der Waals surface area contributed by atoms with Gasteiger partial charge in [0.15, 0.2) is 0 Å². The summed E-state index contributed by atoms with van der Waals surface area (Å²) in [5.74, 6) is 1.49. The number of rotatable bonds is 5. The van der Waals surface area contributed by atoms with E-state index in [0.717, 1.165) is 12.4 Å². The molecule has 0 bridgehead atoms. The molecule has 1 N–H and O–H groups in total. The van der Waals surface area contributed by atoms with E-state index < -0.39 is 0 Å². The van der Waals surface area contributed by atoms with E-state index in [9.17, 15) is 0 Å². The second-order valence-electron chi connectivity index (χ2n) is 4.14. The average Bonchev–Trinajstić information content (AvgIpc) is 2.37. The number of aromatic nitrogens is 1. The third-order valence-corrected chi connectivity index (χ3v) is 2.57. The van der Waals surface area contributed by atoms with Gasteiger partial charge in [-0.25, -0.2) is 0 Å². The molecule has 0 saturated heterocycles. The van der Waals surface area contributed by atoms with Crippen molar-refractivity contribution in [1.29, 1.82) is 0 Å². The first kappa shape index (κ1) is 12.4. The normalized spacial score (nSPS) is 10.1. The number of hydrogen-bond acceptors (Lipinski definition) is 3. The van der Waals surface area contributed by atoms with Gasteiger partial charge in [0.05, 0.1) is 6.61 Å². The van der Waals surface area contributed by atoms with Crippen LogP contribution in [-0.2, 0) is 6.54 Å². The van der Waals surface area contributed by atoms with Gasteiger partial charge in [0, 0.05) is 12.6 Å². The van der Waals surface area contributed by atoms with Crippen LogP contribution in [0.2, 0.25) is 0 Å². The highest BCUT2D eigenvalue weighted by atomic mass is 16.5. The fraction of sp³-hybridized carbons (Fsp3) is 0.267. The molecule has 94 valence electrons. The van der Waals surface area contributed by atoms with Crippen LogP contribution in [0, 0.1) is 6.92 Å². The van der Waals surface area contributed by atoms with E-state index in [1.54, 1.807) is 0 Å². The van der Waals surface area contributed by atoms with Gasteiger partial charge in [-0.15, -0.1) is 0 Å². The minimum absolute atomic E-state index is 0.633. The standard InChI is InChI=1S/C15H18N2O/c1-3-18-15-9-5-8-14(17-15)16-11-13-7-4-6-12(2)10-13/h4-10H,3,11H2,1-2H3,(H,16,17). The van der Waals surface area contributed by atoms with Gasteiger partial charge >= 0.3 is 0 Å². The van der Waals surface area contributed by atoms with E-state index in [1.807, 2.05) is 25.1 Å². The van der Waals surface area contributed by atoms with Crippen LogP contribution >= 0.6 is 0 Å². The van der Waals surface area contributed by atoms with E-state index >= 15 is 0 Å². The highest BCUT2D eigenvalue weighted by Crippen LogP contribution is 2.13. The molecular formula is C15H18N2O. The number of aryl methyl sites for hydroxylation is 1. The minimum atomic E-state index is 0.633. The van der Waals surface area contributed by atoms with E-state index in [2.05, 4.69) is 41.5 Å². The summed E-state index contributed by atoms with van der Waals surface area (Å²) < 4.78 is 5.37. The maximum Gasteiger partial charge on any atom is 0.215 e. The Morgan fingerprint density at radius 3 is 2.78 bits per heavy atom. The fourth-order valence-corrected chi connectivity index (χ4v) is 1.76. The molecule has 0 atom stereocenters. The van der Waals surface area contributed by atoms with Crippen molar-refractivity contribution < 1.29 is 4.74 Å². The van der Waals surface area contributed by atoms with Gasteiger partial charge in [0.1, 0.15) is 5.82 Å². The molecule has 3 nitrogen and oxygen atoms in total. The van der Waals surface area contributed by atoms with Gasteiger partial charge in [-0.05, 0) is 25.5 Å². The number of pyridine rings is 1. The zero-order chi connectivity index (χ0) is 12.8. The Hall–Kier alpha value is -2.03. The fourth-order valence-electron chi connectivity index (χ4n) is 1.76. The first-order valence-corrected chi connectivity index (χ1v) is 6.17. The van der Waals surface area contributed by atoms with Crippen LogP contribution in [0.3, 0.4) is 0 Å².